The van der Waals surface area contributed by atoms with Crippen LogP contribution in [0.5, 0.6) is 0 Å². The first kappa shape index (κ1) is 21.1. The molecule has 1 unspecified atom stereocenters. The quantitative estimate of drug-likeness (QED) is 0.592. The molecule has 0 aromatic rings. The van der Waals surface area contributed by atoms with Crippen LogP contribution in [0.25, 0.3) is 0 Å². The molecule has 100 valence electrons. The number of hydrogen-bond acceptors (Lipinski definition) is 3. The van der Waals surface area contributed by atoms with E-state index in [-0.39, 0.29) is 12.4 Å². The Balaban J connectivity index is -0.000000244. The molecule has 17 heavy (non-hydrogen) atoms. The second-order valence-electron chi connectivity index (χ2n) is 3.37. The zero-order valence-electron chi connectivity index (χ0n) is 10.3. The van der Waals surface area contributed by atoms with Crippen molar-refractivity contribution in [3.63, 3.8) is 0 Å². The lowest BCUT2D eigenvalue weighted by atomic mass is 10.2. The Morgan fingerprint density at radius 3 is 2.00 bits per heavy atom. The Kier molecular flexibility index (Phi) is 15.9. The van der Waals surface area contributed by atoms with E-state index in [1.807, 2.05) is 0 Å². The summed E-state index contributed by atoms with van der Waals surface area (Å²) >= 11 is 0. The first-order valence-electron chi connectivity index (χ1n) is 4.96. The lowest BCUT2D eigenvalue weighted by Crippen LogP contribution is -2.28. The van der Waals surface area contributed by atoms with Crippen molar-refractivity contribution < 1.29 is 19.8 Å². The minimum absolute atomic E-state index is 0. The van der Waals surface area contributed by atoms with Crippen LogP contribution in [0.2, 0.25) is 0 Å². The zero-order valence-corrected chi connectivity index (χ0v) is 11.2. The number of carboxylic acids is 2. The van der Waals surface area contributed by atoms with Crippen LogP contribution in [0.15, 0.2) is 0 Å². The fourth-order valence-corrected chi connectivity index (χ4v) is 0.938. The van der Waals surface area contributed by atoms with Crippen LogP contribution in [-0.2, 0) is 9.59 Å². The summed E-state index contributed by atoms with van der Waals surface area (Å²) in [5, 5.41) is 14.8. The van der Waals surface area contributed by atoms with Crippen molar-refractivity contribution in [3.05, 3.63) is 0 Å². The van der Waals surface area contributed by atoms with Gasteiger partial charge in [0.05, 0.1) is 6.54 Å². The van der Waals surface area contributed by atoms with Gasteiger partial charge in [-0.2, -0.15) is 0 Å². The summed E-state index contributed by atoms with van der Waals surface area (Å²) < 4.78 is 0. The number of rotatable bonds is 4. The lowest BCUT2D eigenvalue weighted by Gasteiger charge is -2.21. The van der Waals surface area contributed by atoms with Crippen molar-refractivity contribution in [1.82, 2.24) is 4.90 Å². The van der Waals surface area contributed by atoms with E-state index < -0.39 is 11.9 Å². The van der Waals surface area contributed by atoms with Gasteiger partial charge in [0.2, 0.25) is 0 Å². The van der Waals surface area contributed by atoms with Gasteiger partial charge in [-0.15, -0.1) is 18.8 Å². The van der Waals surface area contributed by atoms with Gasteiger partial charge in [-0.05, 0) is 20.4 Å². The Labute approximate surface area is 108 Å². The highest BCUT2D eigenvalue weighted by Crippen LogP contribution is 2.02. The summed E-state index contributed by atoms with van der Waals surface area (Å²) in [5.41, 5.74) is 0. The number of carboxylic acid groups (broad SMARTS) is 2. The van der Waals surface area contributed by atoms with Gasteiger partial charge < -0.3 is 10.2 Å². The van der Waals surface area contributed by atoms with Crippen molar-refractivity contribution in [2.75, 3.05) is 13.6 Å². The zero-order chi connectivity index (χ0) is 13.1. The summed E-state index contributed by atoms with van der Waals surface area (Å²) in [6.45, 7) is 5.17. The molecule has 0 spiro atoms. The molecule has 0 amide bonds. The molecule has 0 heterocycles. The van der Waals surface area contributed by atoms with Crippen molar-refractivity contribution in [2.24, 2.45) is 0 Å². The second kappa shape index (κ2) is 12.8. The molecule has 0 radical (unpaired) electrons. The number of nitrogens with zero attached hydrogens (tertiary/aromatic N) is 1. The van der Waals surface area contributed by atoms with Crippen LogP contribution >= 0.6 is 12.4 Å². The fraction of sp³-hybridized carbons (Fsp3) is 0.636. The Hall–Kier alpha value is -1.25. The van der Waals surface area contributed by atoms with Crippen molar-refractivity contribution >= 4 is 24.3 Å². The number of aliphatic carboxylic acids is 2. The third kappa shape index (κ3) is 14.8. The van der Waals surface area contributed by atoms with Crippen LogP contribution in [-0.4, -0.2) is 46.7 Å². The maximum atomic E-state index is 9.10. The van der Waals surface area contributed by atoms with Gasteiger partial charge in [0.25, 0.3) is 0 Å². The monoisotopic (exact) mass is 265 g/mol. The summed E-state index contributed by atoms with van der Waals surface area (Å²) in [6, 6.07) is 0.626. The van der Waals surface area contributed by atoms with E-state index in [1.54, 1.807) is 0 Å². The summed E-state index contributed by atoms with van der Waals surface area (Å²) in [4.78, 5) is 20.4. The molecule has 0 saturated heterocycles. The molecule has 2 N–H and O–H groups in total. The molecule has 0 aromatic carbocycles. The van der Waals surface area contributed by atoms with Gasteiger partial charge >= 0.3 is 11.9 Å². The van der Waals surface area contributed by atoms with Gasteiger partial charge in [-0.25, -0.2) is 9.59 Å². The first-order chi connectivity index (χ1) is 7.36. The average Bonchev–Trinajstić information content (AvgIpc) is 2.19. The summed E-state index contributed by atoms with van der Waals surface area (Å²) in [5.74, 6) is -1.02. The molecule has 1 atom stereocenters. The van der Waals surface area contributed by atoms with Crippen molar-refractivity contribution in [1.29, 1.82) is 0 Å². The highest BCUT2D eigenvalue weighted by molar-refractivity contribution is 6.27. The molecule has 0 fully saturated rings. The number of hydrogen-bond donors (Lipinski definition) is 2. The SMILES string of the molecule is C#CCN(C)C(C)CCC.Cl.O=C(O)C(=O)O. The third-order valence-electron chi connectivity index (χ3n) is 1.98. The molecule has 0 aliphatic heterocycles. The highest BCUT2D eigenvalue weighted by Gasteiger charge is 2.04. The predicted molar refractivity (Wildman–Crippen MR) is 68.4 cm³/mol. The standard InChI is InChI=1S/C9H17N.C2H2O4.ClH/c1-5-7-9(3)10(4)8-6-2;3-1(4)2(5)6;/h2,9H,5,7-8H2,1,3-4H3;(H,3,4)(H,5,6);1H. The minimum Gasteiger partial charge on any atom is -0.473 e. The van der Waals surface area contributed by atoms with Crippen LogP contribution in [0.1, 0.15) is 26.7 Å². The van der Waals surface area contributed by atoms with Gasteiger partial charge in [-0.1, -0.05) is 19.3 Å². The Morgan fingerprint density at radius 1 is 1.35 bits per heavy atom. The molecule has 5 nitrogen and oxygen atoms in total. The molecule has 0 aliphatic carbocycles. The summed E-state index contributed by atoms with van der Waals surface area (Å²) in [6.07, 6.45) is 7.64. The number of terminal acetylenes is 1. The van der Waals surface area contributed by atoms with E-state index in [0.717, 1.165) is 6.54 Å². The summed E-state index contributed by atoms with van der Waals surface area (Å²) in [7, 11) is 2.07. The minimum atomic E-state index is -1.82. The Bertz CT molecular complexity index is 251. The molecule has 0 aliphatic rings. The second-order valence-corrected chi connectivity index (χ2v) is 3.37. The first-order valence-corrected chi connectivity index (χ1v) is 4.96. The topological polar surface area (TPSA) is 77.8 Å². The molecule has 6 heteroatoms. The van der Waals surface area contributed by atoms with E-state index in [2.05, 4.69) is 31.7 Å². The van der Waals surface area contributed by atoms with Crippen molar-refractivity contribution in [2.45, 2.75) is 32.7 Å². The Morgan fingerprint density at radius 2 is 1.76 bits per heavy atom. The normalized spacial score (nSPS) is 10.3. The fourth-order valence-electron chi connectivity index (χ4n) is 0.938. The van der Waals surface area contributed by atoms with Crippen LogP contribution < -0.4 is 0 Å². The van der Waals surface area contributed by atoms with E-state index in [0.29, 0.717) is 6.04 Å². The van der Waals surface area contributed by atoms with E-state index in [1.165, 1.54) is 12.8 Å². The van der Waals surface area contributed by atoms with Crippen LogP contribution in [0, 0.1) is 12.3 Å². The molecular weight excluding hydrogens is 246 g/mol. The van der Waals surface area contributed by atoms with Crippen LogP contribution in [0.4, 0.5) is 0 Å². The van der Waals surface area contributed by atoms with Gasteiger partial charge in [0.15, 0.2) is 0 Å². The van der Waals surface area contributed by atoms with Crippen LogP contribution in [0.3, 0.4) is 0 Å². The largest absolute Gasteiger partial charge is 0.473 e. The molecular formula is C11H20ClNO4. The molecule has 0 saturated carbocycles. The lowest BCUT2D eigenvalue weighted by molar-refractivity contribution is -0.159. The highest BCUT2D eigenvalue weighted by atomic mass is 35.5. The molecule has 0 bridgehead atoms. The van der Waals surface area contributed by atoms with Gasteiger partial charge in [0, 0.05) is 6.04 Å². The van der Waals surface area contributed by atoms with E-state index in [9.17, 15) is 0 Å². The number of halogens is 1. The maximum Gasteiger partial charge on any atom is 0.414 e. The van der Waals surface area contributed by atoms with Gasteiger partial charge in [0.1, 0.15) is 0 Å². The number of carbonyl (C=O) groups is 2. The predicted octanol–water partition coefficient (Wildman–Crippen LogP) is 1.32. The van der Waals surface area contributed by atoms with Gasteiger partial charge in [-0.3, -0.25) is 4.90 Å². The smallest absolute Gasteiger partial charge is 0.414 e. The third-order valence-corrected chi connectivity index (χ3v) is 1.98. The average molecular weight is 266 g/mol. The van der Waals surface area contributed by atoms with E-state index >= 15 is 0 Å². The van der Waals surface area contributed by atoms with Crippen molar-refractivity contribution in [3.8, 4) is 12.3 Å². The molecule has 0 rings (SSSR count). The maximum absolute atomic E-state index is 9.10. The van der Waals surface area contributed by atoms with E-state index in [4.69, 9.17) is 26.2 Å². The molecule has 0 aromatic heterocycles.